The molecule has 0 aliphatic carbocycles. The zero-order valence-electron chi connectivity index (χ0n) is 18.5. The summed E-state index contributed by atoms with van der Waals surface area (Å²) in [5.41, 5.74) is 3.79. The first-order chi connectivity index (χ1) is 16.6. The van der Waals surface area contributed by atoms with E-state index in [9.17, 15) is 9.59 Å². The SMILES string of the molecule is Cc1ccc(/C=C2\Oc3cc(OC(=O)N(c4ccccc4)c4ccccc4)ccc3C2=O)cc1. The molecule has 1 aliphatic heterocycles. The fourth-order valence-electron chi connectivity index (χ4n) is 3.71. The minimum Gasteiger partial charge on any atom is -0.452 e. The van der Waals surface area contributed by atoms with Crippen molar-refractivity contribution in [2.45, 2.75) is 6.92 Å². The number of fused-ring (bicyclic) bond motifs is 1. The van der Waals surface area contributed by atoms with E-state index in [-0.39, 0.29) is 17.3 Å². The van der Waals surface area contributed by atoms with Crippen LogP contribution in [0.1, 0.15) is 21.5 Å². The highest BCUT2D eigenvalue weighted by Gasteiger charge is 2.28. The molecule has 0 saturated heterocycles. The Balaban J connectivity index is 1.40. The summed E-state index contributed by atoms with van der Waals surface area (Å²) in [6, 6.07) is 31.1. The molecule has 0 fully saturated rings. The van der Waals surface area contributed by atoms with E-state index in [1.165, 1.54) is 4.90 Å². The maximum absolute atomic E-state index is 13.2. The van der Waals surface area contributed by atoms with Gasteiger partial charge in [-0.15, -0.1) is 0 Å². The van der Waals surface area contributed by atoms with Crippen LogP contribution in [-0.4, -0.2) is 11.9 Å². The van der Waals surface area contributed by atoms with Crippen molar-refractivity contribution in [3.8, 4) is 11.5 Å². The van der Waals surface area contributed by atoms with Crippen molar-refractivity contribution in [2.24, 2.45) is 0 Å². The molecule has 0 N–H and O–H groups in total. The van der Waals surface area contributed by atoms with Gasteiger partial charge in [-0.25, -0.2) is 9.69 Å². The molecule has 0 spiro atoms. The van der Waals surface area contributed by atoms with Gasteiger partial charge in [-0.05, 0) is 55.0 Å². The predicted molar refractivity (Wildman–Crippen MR) is 132 cm³/mol. The summed E-state index contributed by atoms with van der Waals surface area (Å²) >= 11 is 0. The molecule has 4 aromatic carbocycles. The molecule has 0 atom stereocenters. The summed E-state index contributed by atoms with van der Waals surface area (Å²) in [7, 11) is 0. The molecule has 34 heavy (non-hydrogen) atoms. The third kappa shape index (κ3) is 4.32. The van der Waals surface area contributed by atoms with Gasteiger partial charge in [0.05, 0.1) is 16.9 Å². The van der Waals surface area contributed by atoms with Crippen LogP contribution in [0.3, 0.4) is 0 Å². The summed E-state index contributed by atoms with van der Waals surface area (Å²) in [5.74, 6) is 0.672. The zero-order valence-corrected chi connectivity index (χ0v) is 18.5. The number of rotatable bonds is 4. The Kier molecular flexibility index (Phi) is 5.67. The first kappa shape index (κ1) is 21.2. The topological polar surface area (TPSA) is 55.8 Å². The average Bonchev–Trinajstić information content (AvgIpc) is 3.16. The van der Waals surface area contributed by atoms with Crippen LogP contribution in [0.15, 0.2) is 109 Å². The number of aryl methyl sites for hydroxylation is 1. The molecule has 5 rings (SSSR count). The number of anilines is 2. The molecule has 1 heterocycles. The molecule has 0 aromatic heterocycles. The summed E-state index contributed by atoms with van der Waals surface area (Å²) in [4.78, 5) is 27.5. The minimum atomic E-state index is -0.572. The van der Waals surface area contributed by atoms with E-state index in [0.717, 1.165) is 11.1 Å². The van der Waals surface area contributed by atoms with Gasteiger partial charge in [-0.2, -0.15) is 0 Å². The fraction of sp³-hybridized carbons (Fsp3) is 0.0345. The number of hydrogen-bond acceptors (Lipinski definition) is 4. The standard InChI is InChI=1S/C29H21NO4/c1-20-12-14-21(15-13-20)18-27-28(31)25-17-16-24(19-26(25)34-27)33-29(32)30(22-8-4-2-5-9-22)23-10-6-3-7-11-23/h2-19H,1H3/b27-18-. The summed E-state index contributed by atoms with van der Waals surface area (Å²) in [6.45, 7) is 2.00. The van der Waals surface area contributed by atoms with Crippen LogP contribution in [-0.2, 0) is 0 Å². The van der Waals surface area contributed by atoms with Gasteiger partial charge in [0.25, 0.3) is 0 Å². The lowest BCUT2D eigenvalue weighted by atomic mass is 10.1. The Hall–Kier alpha value is -4.64. The highest BCUT2D eigenvalue weighted by Crippen LogP contribution is 2.35. The van der Waals surface area contributed by atoms with Crippen molar-refractivity contribution < 1.29 is 19.1 Å². The number of carbonyl (C=O) groups is 2. The number of benzene rings is 4. The van der Waals surface area contributed by atoms with Crippen molar-refractivity contribution >= 4 is 29.3 Å². The number of allylic oxidation sites excluding steroid dienone is 1. The normalized spacial score (nSPS) is 13.3. The number of nitrogens with zero attached hydrogens (tertiary/aromatic N) is 1. The monoisotopic (exact) mass is 447 g/mol. The molecule has 0 radical (unpaired) electrons. The van der Waals surface area contributed by atoms with Gasteiger partial charge < -0.3 is 9.47 Å². The summed E-state index contributed by atoms with van der Waals surface area (Å²) in [6.07, 6.45) is 1.14. The quantitative estimate of drug-likeness (QED) is 0.318. The Morgan fingerprint density at radius 1 is 0.824 bits per heavy atom. The second-order valence-corrected chi connectivity index (χ2v) is 7.88. The van der Waals surface area contributed by atoms with E-state index in [0.29, 0.717) is 22.7 Å². The number of Topliss-reactive ketones (excluding diaryl/α,β-unsaturated/α-hetero) is 1. The molecule has 166 valence electrons. The first-order valence-electron chi connectivity index (χ1n) is 10.9. The Labute approximate surface area is 197 Å². The smallest absolute Gasteiger partial charge is 0.424 e. The molecular formula is C29H21NO4. The van der Waals surface area contributed by atoms with Crippen molar-refractivity contribution in [3.05, 3.63) is 126 Å². The highest BCUT2D eigenvalue weighted by molar-refractivity contribution is 6.14. The zero-order chi connectivity index (χ0) is 23.5. The lowest BCUT2D eigenvalue weighted by molar-refractivity contribution is 0.101. The molecule has 5 heteroatoms. The van der Waals surface area contributed by atoms with Crippen LogP contribution in [0, 0.1) is 6.92 Å². The number of ketones is 1. The van der Waals surface area contributed by atoms with Gasteiger partial charge in [-0.1, -0.05) is 66.2 Å². The number of hydrogen-bond donors (Lipinski definition) is 0. The Morgan fingerprint density at radius 3 is 2.06 bits per heavy atom. The van der Waals surface area contributed by atoms with Gasteiger partial charge in [0, 0.05) is 6.07 Å². The highest BCUT2D eigenvalue weighted by atomic mass is 16.6. The van der Waals surface area contributed by atoms with Crippen LogP contribution in [0.4, 0.5) is 16.2 Å². The van der Waals surface area contributed by atoms with Crippen molar-refractivity contribution in [2.75, 3.05) is 4.90 Å². The van der Waals surface area contributed by atoms with Gasteiger partial charge in [0.15, 0.2) is 5.76 Å². The van der Waals surface area contributed by atoms with E-state index in [1.54, 1.807) is 24.3 Å². The van der Waals surface area contributed by atoms with Gasteiger partial charge >= 0.3 is 6.09 Å². The van der Waals surface area contributed by atoms with Crippen LogP contribution in [0.5, 0.6) is 11.5 Å². The van der Waals surface area contributed by atoms with Crippen LogP contribution in [0.2, 0.25) is 0 Å². The molecule has 1 aliphatic rings. The lowest BCUT2D eigenvalue weighted by Gasteiger charge is -2.22. The predicted octanol–water partition coefficient (Wildman–Crippen LogP) is 6.95. The van der Waals surface area contributed by atoms with Crippen LogP contribution < -0.4 is 14.4 Å². The van der Waals surface area contributed by atoms with Gasteiger partial charge in [0.2, 0.25) is 5.78 Å². The largest absolute Gasteiger partial charge is 0.452 e. The van der Waals surface area contributed by atoms with E-state index in [2.05, 4.69) is 0 Å². The molecule has 0 bridgehead atoms. The number of carbonyl (C=O) groups excluding carboxylic acids is 2. The molecule has 0 unspecified atom stereocenters. The number of amides is 1. The lowest BCUT2D eigenvalue weighted by Crippen LogP contribution is -2.29. The van der Waals surface area contributed by atoms with Crippen molar-refractivity contribution in [3.63, 3.8) is 0 Å². The third-order valence-electron chi connectivity index (χ3n) is 5.43. The van der Waals surface area contributed by atoms with Crippen molar-refractivity contribution in [1.82, 2.24) is 0 Å². The molecule has 4 aromatic rings. The second kappa shape index (κ2) is 9.08. The van der Waals surface area contributed by atoms with E-state index < -0.39 is 6.09 Å². The van der Waals surface area contributed by atoms with Crippen molar-refractivity contribution in [1.29, 1.82) is 0 Å². The number of ether oxygens (including phenoxy) is 2. The minimum absolute atomic E-state index is 0.205. The summed E-state index contributed by atoms with van der Waals surface area (Å²) in [5, 5.41) is 0. The van der Waals surface area contributed by atoms with Crippen LogP contribution >= 0.6 is 0 Å². The number of para-hydroxylation sites is 2. The summed E-state index contributed by atoms with van der Waals surface area (Å²) < 4.78 is 11.5. The Morgan fingerprint density at radius 2 is 1.44 bits per heavy atom. The maximum Gasteiger partial charge on any atom is 0.424 e. The molecule has 0 saturated carbocycles. The second-order valence-electron chi connectivity index (χ2n) is 7.88. The van der Waals surface area contributed by atoms with E-state index in [1.807, 2.05) is 91.9 Å². The van der Waals surface area contributed by atoms with E-state index >= 15 is 0 Å². The molecule has 1 amide bonds. The fourth-order valence-corrected chi connectivity index (χ4v) is 3.71. The molecular weight excluding hydrogens is 426 g/mol. The first-order valence-corrected chi connectivity index (χ1v) is 10.9. The van der Waals surface area contributed by atoms with Crippen LogP contribution in [0.25, 0.3) is 6.08 Å². The Bertz CT molecular complexity index is 1340. The third-order valence-corrected chi connectivity index (χ3v) is 5.43. The van der Waals surface area contributed by atoms with Gasteiger partial charge in [-0.3, -0.25) is 4.79 Å². The maximum atomic E-state index is 13.2. The average molecular weight is 447 g/mol. The molecule has 5 nitrogen and oxygen atoms in total. The van der Waals surface area contributed by atoms with E-state index in [4.69, 9.17) is 9.47 Å². The van der Waals surface area contributed by atoms with Gasteiger partial charge in [0.1, 0.15) is 11.5 Å².